The third-order valence-corrected chi connectivity index (χ3v) is 6.86. The number of benzene rings is 3. The van der Waals surface area contributed by atoms with Gasteiger partial charge in [0, 0.05) is 35.2 Å². The highest BCUT2D eigenvalue weighted by Crippen LogP contribution is 2.28. The Bertz CT molecular complexity index is 978. The van der Waals surface area contributed by atoms with Crippen LogP contribution < -0.4 is 4.72 Å². The minimum atomic E-state index is 0.853. The molecule has 1 aliphatic rings. The molecule has 30 heavy (non-hydrogen) atoms. The van der Waals surface area contributed by atoms with Crippen molar-refractivity contribution >= 4 is 40.0 Å². The monoisotopic (exact) mass is 439 g/mol. The minimum absolute atomic E-state index is 0.853. The van der Waals surface area contributed by atoms with E-state index in [-0.39, 0.29) is 0 Å². The Morgan fingerprint density at radius 3 is 2.57 bits per heavy atom. The SMILES string of the molecule is CCCN1CCCN(Cc2cc(NSc3ccc4ccccc4c3)ccc2Cl)CC1. The Hall–Kier alpha value is -1.72. The second-order valence-electron chi connectivity index (χ2n) is 7.99. The zero-order valence-electron chi connectivity index (χ0n) is 17.6. The molecule has 0 radical (unpaired) electrons. The van der Waals surface area contributed by atoms with E-state index in [2.05, 4.69) is 76.0 Å². The normalized spacial score (nSPS) is 15.9. The molecule has 1 fully saturated rings. The number of nitrogens with one attached hydrogen (secondary N) is 1. The standard InChI is InChI=1S/C25H30ClN3S/c1-2-12-28-13-5-14-29(16-15-28)19-22-17-23(9-11-25(22)26)27-30-24-10-8-20-6-3-4-7-21(20)18-24/h3-4,6-11,17-18,27H,2,5,12-16,19H2,1H3. The summed E-state index contributed by atoms with van der Waals surface area (Å²) in [7, 11) is 0. The van der Waals surface area contributed by atoms with Gasteiger partial charge in [0.25, 0.3) is 0 Å². The third-order valence-electron chi connectivity index (χ3n) is 5.67. The summed E-state index contributed by atoms with van der Waals surface area (Å²) in [6.07, 6.45) is 2.46. The second-order valence-corrected chi connectivity index (χ2v) is 9.28. The van der Waals surface area contributed by atoms with Crippen LogP contribution >= 0.6 is 23.5 Å². The number of hydrogen-bond acceptors (Lipinski definition) is 4. The van der Waals surface area contributed by atoms with Crippen LogP contribution in [0.25, 0.3) is 10.8 Å². The summed E-state index contributed by atoms with van der Waals surface area (Å²) >= 11 is 8.19. The summed E-state index contributed by atoms with van der Waals surface area (Å²) in [6.45, 7) is 9.00. The lowest BCUT2D eigenvalue weighted by molar-refractivity contribution is 0.252. The van der Waals surface area contributed by atoms with Crippen molar-refractivity contribution in [1.29, 1.82) is 0 Å². The van der Waals surface area contributed by atoms with Crippen molar-refractivity contribution in [3.8, 4) is 0 Å². The lowest BCUT2D eigenvalue weighted by Crippen LogP contribution is -2.31. The van der Waals surface area contributed by atoms with Crippen LogP contribution in [0.5, 0.6) is 0 Å². The number of anilines is 1. The number of fused-ring (bicyclic) bond motifs is 1. The van der Waals surface area contributed by atoms with Crippen LogP contribution in [-0.4, -0.2) is 42.5 Å². The van der Waals surface area contributed by atoms with E-state index in [1.807, 2.05) is 6.07 Å². The van der Waals surface area contributed by atoms with Gasteiger partial charge in [-0.25, -0.2) is 0 Å². The highest BCUT2D eigenvalue weighted by atomic mass is 35.5. The van der Waals surface area contributed by atoms with Gasteiger partial charge in [0.15, 0.2) is 0 Å². The maximum atomic E-state index is 6.55. The molecule has 0 aromatic heterocycles. The molecule has 1 aliphatic heterocycles. The highest BCUT2D eigenvalue weighted by molar-refractivity contribution is 8.00. The Labute approximate surface area is 189 Å². The molecule has 158 valence electrons. The van der Waals surface area contributed by atoms with Gasteiger partial charge in [-0.3, -0.25) is 4.90 Å². The van der Waals surface area contributed by atoms with E-state index in [4.69, 9.17) is 11.6 Å². The molecule has 1 N–H and O–H groups in total. The van der Waals surface area contributed by atoms with Crippen molar-refractivity contribution in [1.82, 2.24) is 9.80 Å². The van der Waals surface area contributed by atoms with E-state index < -0.39 is 0 Å². The molecule has 0 atom stereocenters. The van der Waals surface area contributed by atoms with Crippen molar-refractivity contribution in [2.75, 3.05) is 37.4 Å². The van der Waals surface area contributed by atoms with Crippen molar-refractivity contribution in [2.24, 2.45) is 0 Å². The van der Waals surface area contributed by atoms with Crippen LogP contribution in [0.15, 0.2) is 65.6 Å². The van der Waals surface area contributed by atoms with Crippen LogP contribution in [-0.2, 0) is 6.54 Å². The molecule has 5 heteroatoms. The Kier molecular flexibility index (Phi) is 7.56. The van der Waals surface area contributed by atoms with Gasteiger partial charge >= 0.3 is 0 Å². The second kappa shape index (κ2) is 10.5. The smallest absolute Gasteiger partial charge is 0.0452 e. The molecule has 0 aliphatic carbocycles. The molecule has 3 aromatic carbocycles. The molecule has 3 nitrogen and oxygen atoms in total. The molecule has 0 bridgehead atoms. The topological polar surface area (TPSA) is 18.5 Å². The van der Waals surface area contributed by atoms with Crippen molar-refractivity contribution < 1.29 is 0 Å². The van der Waals surface area contributed by atoms with Crippen molar-refractivity contribution in [3.05, 3.63) is 71.2 Å². The number of hydrogen-bond donors (Lipinski definition) is 1. The minimum Gasteiger partial charge on any atom is -0.326 e. The van der Waals surface area contributed by atoms with Gasteiger partial charge in [-0.15, -0.1) is 0 Å². The van der Waals surface area contributed by atoms with Crippen molar-refractivity contribution in [2.45, 2.75) is 31.2 Å². The molecular formula is C25H30ClN3S. The molecule has 4 rings (SSSR count). The molecule has 1 saturated heterocycles. The fourth-order valence-corrected chi connectivity index (χ4v) is 4.93. The third kappa shape index (κ3) is 5.70. The summed E-state index contributed by atoms with van der Waals surface area (Å²) in [6, 6.07) is 21.3. The molecular weight excluding hydrogens is 410 g/mol. The summed E-state index contributed by atoms with van der Waals surface area (Å²) in [5, 5.41) is 3.39. The molecule has 0 amide bonds. The van der Waals surface area contributed by atoms with Crippen LogP contribution in [0, 0.1) is 0 Å². The van der Waals surface area contributed by atoms with Crippen LogP contribution in [0.2, 0.25) is 5.02 Å². The molecule has 0 spiro atoms. The summed E-state index contributed by atoms with van der Waals surface area (Å²) in [5.41, 5.74) is 2.29. The largest absolute Gasteiger partial charge is 0.326 e. The number of halogens is 1. The van der Waals surface area contributed by atoms with Gasteiger partial charge in [-0.1, -0.05) is 48.9 Å². The van der Waals surface area contributed by atoms with E-state index >= 15 is 0 Å². The summed E-state index contributed by atoms with van der Waals surface area (Å²) < 4.78 is 3.50. The summed E-state index contributed by atoms with van der Waals surface area (Å²) in [4.78, 5) is 6.32. The highest BCUT2D eigenvalue weighted by Gasteiger charge is 2.15. The van der Waals surface area contributed by atoms with Gasteiger partial charge < -0.3 is 9.62 Å². The van der Waals surface area contributed by atoms with E-state index in [0.717, 1.165) is 36.9 Å². The first kappa shape index (κ1) is 21.5. The first-order chi connectivity index (χ1) is 14.7. The quantitative estimate of drug-likeness (QED) is 0.421. The molecule has 0 unspecified atom stereocenters. The van der Waals surface area contributed by atoms with E-state index in [1.165, 1.54) is 47.2 Å². The van der Waals surface area contributed by atoms with E-state index in [0.29, 0.717) is 0 Å². The van der Waals surface area contributed by atoms with Crippen LogP contribution in [0.1, 0.15) is 25.3 Å². The van der Waals surface area contributed by atoms with E-state index in [1.54, 1.807) is 11.9 Å². The zero-order chi connectivity index (χ0) is 20.8. The van der Waals surface area contributed by atoms with Crippen LogP contribution in [0.4, 0.5) is 5.69 Å². The first-order valence-electron chi connectivity index (χ1n) is 10.9. The average Bonchev–Trinajstić information content (AvgIpc) is 2.99. The van der Waals surface area contributed by atoms with E-state index in [9.17, 15) is 0 Å². The van der Waals surface area contributed by atoms with Gasteiger partial charge in [0.05, 0.1) is 0 Å². The van der Waals surface area contributed by atoms with Gasteiger partial charge in [0.2, 0.25) is 0 Å². The van der Waals surface area contributed by atoms with Gasteiger partial charge in [-0.05, 0) is 91.1 Å². The molecule has 1 heterocycles. The zero-order valence-corrected chi connectivity index (χ0v) is 19.2. The maximum Gasteiger partial charge on any atom is 0.0452 e. The fourth-order valence-electron chi connectivity index (χ4n) is 4.07. The Morgan fingerprint density at radius 2 is 1.70 bits per heavy atom. The van der Waals surface area contributed by atoms with Crippen LogP contribution in [0.3, 0.4) is 0 Å². The number of nitrogens with zero attached hydrogens (tertiary/aromatic N) is 2. The fraction of sp³-hybridized carbons (Fsp3) is 0.360. The first-order valence-corrected chi connectivity index (χ1v) is 12.1. The maximum absolute atomic E-state index is 6.55. The molecule has 3 aromatic rings. The average molecular weight is 440 g/mol. The lowest BCUT2D eigenvalue weighted by Gasteiger charge is -2.22. The molecule has 0 saturated carbocycles. The van der Waals surface area contributed by atoms with Crippen molar-refractivity contribution in [3.63, 3.8) is 0 Å². The van der Waals surface area contributed by atoms with Gasteiger partial charge in [-0.2, -0.15) is 0 Å². The Morgan fingerprint density at radius 1 is 0.900 bits per heavy atom. The Balaban J connectivity index is 1.38. The number of rotatable bonds is 7. The predicted molar refractivity (Wildman–Crippen MR) is 132 cm³/mol. The van der Waals surface area contributed by atoms with Gasteiger partial charge in [0.1, 0.15) is 0 Å². The predicted octanol–water partition coefficient (Wildman–Crippen LogP) is 6.53. The lowest BCUT2D eigenvalue weighted by atomic mass is 10.1. The summed E-state index contributed by atoms with van der Waals surface area (Å²) in [5.74, 6) is 0.